The Bertz CT molecular complexity index is 2330. The maximum absolute atomic E-state index is 13.2. The van der Waals surface area contributed by atoms with Gasteiger partial charge in [-0.3, -0.25) is 4.72 Å². The summed E-state index contributed by atoms with van der Waals surface area (Å²) in [5.41, 5.74) is 4.18. The normalized spacial score (nSPS) is 15.8. The number of pyridine rings is 1. The minimum absolute atomic E-state index is 0.0828. The largest absolute Gasteiger partial charge is 0.445 e. The standard InChI is InChI=1S/C41H40N6O5S/c1-28-23-32(25-47(24-28)41(48)51-26-30-11-5-3-6-12-30)44-40-43-22-20-36(45-40)35-16-10-21-42-39(35)52-38-29(2)18-19-33-34(38)15-9-17-37(33)46-53(49,50)27-31-13-7-4-8-14-31/h3-22,28,32,46H,23-27H2,1-2H3,(H,43,44,45)/t28-,32+/m1/s1. The van der Waals surface area contributed by atoms with Gasteiger partial charge >= 0.3 is 6.09 Å². The molecular formula is C41H40N6O5S. The number of carbonyl (C=O) groups is 1. The number of nitrogens with zero attached hydrogens (tertiary/aromatic N) is 4. The average Bonchev–Trinajstić information content (AvgIpc) is 3.15. The zero-order valence-electron chi connectivity index (χ0n) is 29.5. The van der Waals surface area contributed by atoms with Gasteiger partial charge in [-0.05, 0) is 60.2 Å². The first kappa shape index (κ1) is 35.4. The van der Waals surface area contributed by atoms with E-state index < -0.39 is 10.0 Å². The van der Waals surface area contributed by atoms with Crippen molar-refractivity contribution in [2.45, 2.75) is 38.7 Å². The smallest absolute Gasteiger partial charge is 0.410 e. The lowest BCUT2D eigenvalue weighted by Gasteiger charge is -2.36. The number of hydrogen-bond donors (Lipinski definition) is 2. The number of likely N-dealkylation sites (tertiary alicyclic amines) is 1. The van der Waals surface area contributed by atoms with Crippen LogP contribution in [0.15, 0.2) is 122 Å². The second-order valence-corrected chi connectivity index (χ2v) is 15.0. The lowest BCUT2D eigenvalue weighted by Crippen LogP contribution is -2.48. The molecule has 0 bridgehead atoms. The molecule has 1 amide bonds. The number of aryl methyl sites for hydroxylation is 1. The van der Waals surface area contributed by atoms with Crippen molar-refractivity contribution in [3.8, 4) is 22.9 Å². The van der Waals surface area contributed by atoms with Gasteiger partial charge in [-0.2, -0.15) is 0 Å². The Hall–Kier alpha value is -6.01. The first-order valence-electron chi connectivity index (χ1n) is 17.5. The number of carbonyl (C=O) groups excluding carboxylic acids is 1. The average molecular weight is 729 g/mol. The number of fused-ring (bicyclic) bond motifs is 1. The molecule has 11 nitrogen and oxygen atoms in total. The molecule has 0 radical (unpaired) electrons. The van der Waals surface area contributed by atoms with Crippen LogP contribution in [0.25, 0.3) is 22.0 Å². The van der Waals surface area contributed by atoms with Gasteiger partial charge in [0.2, 0.25) is 21.9 Å². The summed E-state index contributed by atoms with van der Waals surface area (Å²) in [6, 6.07) is 33.3. The van der Waals surface area contributed by atoms with Gasteiger partial charge in [-0.25, -0.2) is 28.2 Å². The van der Waals surface area contributed by atoms with Crippen LogP contribution < -0.4 is 14.8 Å². The number of sulfonamides is 1. The number of amides is 1. The monoisotopic (exact) mass is 728 g/mol. The van der Waals surface area contributed by atoms with Crippen LogP contribution in [-0.2, 0) is 27.1 Å². The summed E-state index contributed by atoms with van der Waals surface area (Å²) >= 11 is 0. The van der Waals surface area contributed by atoms with E-state index in [2.05, 4.69) is 26.9 Å². The van der Waals surface area contributed by atoms with Crippen molar-refractivity contribution < 1.29 is 22.7 Å². The molecule has 270 valence electrons. The summed E-state index contributed by atoms with van der Waals surface area (Å²) in [6.45, 7) is 5.33. The molecule has 0 spiro atoms. The molecule has 3 heterocycles. The quantitative estimate of drug-likeness (QED) is 0.135. The van der Waals surface area contributed by atoms with E-state index >= 15 is 0 Å². The molecule has 1 aliphatic rings. The van der Waals surface area contributed by atoms with Crippen molar-refractivity contribution in [2.75, 3.05) is 23.1 Å². The molecule has 2 N–H and O–H groups in total. The second-order valence-electron chi connectivity index (χ2n) is 13.3. The highest BCUT2D eigenvalue weighted by molar-refractivity contribution is 7.91. The highest BCUT2D eigenvalue weighted by atomic mass is 32.2. The van der Waals surface area contributed by atoms with Gasteiger partial charge in [0.1, 0.15) is 12.4 Å². The molecular weight excluding hydrogens is 689 g/mol. The van der Waals surface area contributed by atoms with Crippen LogP contribution in [0.1, 0.15) is 30.0 Å². The zero-order chi connectivity index (χ0) is 36.8. The van der Waals surface area contributed by atoms with Crippen LogP contribution in [0, 0.1) is 12.8 Å². The van der Waals surface area contributed by atoms with Crippen molar-refractivity contribution >= 4 is 38.5 Å². The summed E-state index contributed by atoms with van der Waals surface area (Å²) in [5.74, 6) is 1.40. The van der Waals surface area contributed by atoms with Gasteiger partial charge in [0.25, 0.3) is 0 Å². The van der Waals surface area contributed by atoms with E-state index in [1.165, 1.54) is 0 Å². The molecule has 1 saturated heterocycles. The Labute approximate surface area is 309 Å². The fourth-order valence-electron chi connectivity index (χ4n) is 6.60. The van der Waals surface area contributed by atoms with Crippen molar-refractivity contribution in [1.29, 1.82) is 0 Å². The molecule has 0 unspecified atom stereocenters. The lowest BCUT2D eigenvalue weighted by molar-refractivity contribution is 0.0783. The van der Waals surface area contributed by atoms with Crippen LogP contribution in [0.3, 0.4) is 0 Å². The molecule has 0 aliphatic carbocycles. The van der Waals surface area contributed by atoms with E-state index in [4.69, 9.17) is 14.5 Å². The van der Waals surface area contributed by atoms with E-state index in [1.807, 2.05) is 85.8 Å². The third kappa shape index (κ3) is 8.73. The van der Waals surface area contributed by atoms with Crippen LogP contribution >= 0.6 is 0 Å². The van der Waals surface area contributed by atoms with Gasteiger partial charge < -0.3 is 19.7 Å². The van der Waals surface area contributed by atoms with E-state index in [0.29, 0.717) is 58.6 Å². The molecule has 2 atom stereocenters. The van der Waals surface area contributed by atoms with Gasteiger partial charge in [0.15, 0.2) is 0 Å². The number of hydrogen-bond acceptors (Lipinski definition) is 9. The Morgan fingerprint density at radius 2 is 1.60 bits per heavy atom. The minimum atomic E-state index is -3.69. The number of ether oxygens (including phenoxy) is 2. The number of piperidine rings is 1. The maximum atomic E-state index is 13.2. The molecule has 6 aromatic rings. The highest BCUT2D eigenvalue weighted by Gasteiger charge is 2.29. The fourth-order valence-corrected chi connectivity index (χ4v) is 7.82. The van der Waals surface area contributed by atoms with Crippen molar-refractivity contribution in [3.05, 3.63) is 138 Å². The van der Waals surface area contributed by atoms with Crippen molar-refractivity contribution in [2.24, 2.45) is 5.92 Å². The minimum Gasteiger partial charge on any atom is -0.445 e. The molecule has 4 aromatic carbocycles. The van der Waals surface area contributed by atoms with Gasteiger partial charge in [-0.15, -0.1) is 0 Å². The Morgan fingerprint density at radius 1 is 0.830 bits per heavy atom. The Kier molecular flexibility index (Phi) is 10.5. The van der Waals surface area contributed by atoms with Crippen LogP contribution in [0.5, 0.6) is 11.6 Å². The summed E-state index contributed by atoms with van der Waals surface area (Å²) in [4.78, 5) is 28.6. The number of benzene rings is 4. The lowest BCUT2D eigenvalue weighted by atomic mass is 9.96. The van der Waals surface area contributed by atoms with Crippen molar-refractivity contribution in [1.82, 2.24) is 19.9 Å². The van der Waals surface area contributed by atoms with Gasteiger partial charge in [0.05, 0.1) is 22.7 Å². The van der Waals surface area contributed by atoms with Gasteiger partial charge in [-0.1, -0.05) is 91.9 Å². The highest BCUT2D eigenvalue weighted by Crippen LogP contribution is 2.39. The molecule has 0 saturated carbocycles. The second kappa shape index (κ2) is 15.7. The van der Waals surface area contributed by atoms with E-state index in [-0.39, 0.29) is 30.4 Å². The van der Waals surface area contributed by atoms with Crippen LogP contribution in [0.2, 0.25) is 0 Å². The summed E-state index contributed by atoms with van der Waals surface area (Å²) in [5, 5.41) is 4.85. The third-order valence-corrected chi connectivity index (χ3v) is 10.3. The summed E-state index contributed by atoms with van der Waals surface area (Å²) in [7, 11) is -3.69. The van der Waals surface area contributed by atoms with E-state index in [0.717, 1.165) is 22.9 Å². The topological polar surface area (TPSA) is 136 Å². The van der Waals surface area contributed by atoms with Crippen molar-refractivity contribution in [3.63, 3.8) is 0 Å². The molecule has 1 fully saturated rings. The van der Waals surface area contributed by atoms with E-state index in [1.54, 1.807) is 47.6 Å². The fraction of sp³-hybridized carbons (Fsp3) is 0.220. The first-order chi connectivity index (χ1) is 25.7. The van der Waals surface area contributed by atoms with Crippen LogP contribution in [-0.4, -0.2) is 53.5 Å². The molecule has 2 aromatic heterocycles. The molecule has 12 heteroatoms. The number of nitrogens with one attached hydrogen (secondary N) is 2. The van der Waals surface area contributed by atoms with E-state index in [9.17, 15) is 13.2 Å². The number of anilines is 2. The Balaban J connectivity index is 1.09. The third-order valence-electron chi connectivity index (χ3n) is 9.03. The SMILES string of the molecule is Cc1ccc2c(NS(=O)(=O)Cc3ccccc3)cccc2c1Oc1ncccc1-c1ccnc(N[C@H]2C[C@@H](C)CN(C(=O)OCc3ccccc3)C2)n1. The molecule has 1 aliphatic heterocycles. The predicted octanol–water partition coefficient (Wildman–Crippen LogP) is 8.19. The first-order valence-corrected chi connectivity index (χ1v) is 19.1. The number of rotatable bonds is 11. The summed E-state index contributed by atoms with van der Waals surface area (Å²) < 4.78 is 41.3. The van der Waals surface area contributed by atoms with Crippen LogP contribution in [0.4, 0.5) is 16.4 Å². The van der Waals surface area contributed by atoms with Gasteiger partial charge in [0, 0.05) is 42.3 Å². The molecule has 7 rings (SSSR count). The zero-order valence-corrected chi connectivity index (χ0v) is 30.3. The maximum Gasteiger partial charge on any atom is 0.410 e. The molecule has 53 heavy (non-hydrogen) atoms. The Morgan fingerprint density at radius 3 is 2.40 bits per heavy atom. The number of aromatic nitrogens is 3. The summed E-state index contributed by atoms with van der Waals surface area (Å²) in [6.07, 6.45) is 3.82. The predicted molar refractivity (Wildman–Crippen MR) is 206 cm³/mol.